The third kappa shape index (κ3) is 6.64. The van der Waals surface area contributed by atoms with Crippen LogP contribution in [0.3, 0.4) is 0 Å². The lowest BCUT2D eigenvalue weighted by molar-refractivity contribution is -0.151. The second-order valence-corrected chi connectivity index (χ2v) is 7.77. The van der Waals surface area contributed by atoms with E-state index in [9.17, 15) is 4.79 Å². The first-order valence-electron chi connectivity index (χ1n) is 8.73. The zero-order valence-electron chi connectivity index (χ0n) is 14.2. The molecule has 0 spiro atoms. The summed E-state index contributed by atoms with van der Waals surface area (Å²) in [6.07, 6.45) is 6.31. The highest BCUT2D eigenvalue weighted by atomic mass is 79.9. The van der Waals surface area contributed by atoms with Gasteiger partial charge in [0, 0.05) is 4.47 Å². The highest BCUT2D eigenvalue weighted by molar-refractivity contribution is 9.10. The number of carbonyl (C=O) groups excluding carboxylic acids is 1. The van der Waals surface area contributed by atoms with Crippen LogP contribution in [0, 0.1) is 5.92 Å². The van der Waals surface area contributed by atoms with Gasteiger partial charge >= 0.3 is 5.97 Å². The van der Waals surface area contributed by atoms with Crippen LogP contribution in [0.1, 0.15) is 51.5 Å². The van der Waals surface area contributed by atoms with Gasteiger partial charge < -0.3 is 10.1 Å². The molecule has 0 heterocycles. The Hall–Kier alpha value is -0.870. The zero-order chi connectivity index (χ0) is 16.7. The van der Waals surface area contributed by atoms with Crippen molar-refractivity contribution in [1.29, 1.82) is 0 Å². The number of nitrogens with one attached hydrogen (secondary N) is 1. The van der Waals surface area contributed by atoms with E-state index in [-0.39, 0.29) is 18.1 Å². The lowest BCUT2D eigenvalue weighted by atomic mass is 10.0. The zero-order valence-corrected chi connectivity index (χ0v) is 15.8. The molecule has 128 valence electrons. The minimum atomic E-state index is -0.189. The summed E-state index contributed by atoms with van der Waals surface area (Å²) in [6.45, 7) is 5.08. The Morgan fingerprint density at radius 2 is 1.91 bits per heavy atom. The van der Waals surface area contributed by atoms with E-state index < -0.39 is 0 Å². The van der Waals surface area contributed by atoms with Crippen molar-refractivity contribution in [3.8, 4) is 0 Å². The van der Waals surface area contributed by atoms with E-state index in [1.54, 1.807) is 0 Å². The molecule has 1 aliphatic rings. The maximum atomic E-state index is 12.4. The molecule has 0 bridgehead atoms. The van der Waals surface area contributed by atoms with E-state index in [4.69, 9.17) is 4.74 Å². The van der Waals surface area contributed by atoms with Crippen LogP contribution in [0.2, 0.25) is 0 Å². The normalized spacial score (nSPS) is 16.7. The maximum absolute atomic E-state index is 12.4. The lowest BCUT2D eigenvalue weighted by Gasteiger charge is -2.21. The van der Waals surface area contributed by atoms with Gasteiger partial charge in [-0.15, -0.1) is 0 Å². The largest absolute Gasteiger partial charge is 0.461 e. The molecule has 1 fully saturated rings. The summed E-state index contributed by atoms with van der Waals surface area (Å²) < 4.78 is 6.78. The van der Waals surface area contributed by atoms with Gasteiger partial charge in [0.2, 0.25) is 0 Å². The van der Waals surface area contributed by atoms with Crippen LogP contribution in [-0.4, -0.2) is 24.7 Å². The summed E-state index contributed by atoms with van der Waals surface area (Å²) in [5.74, 6) is 0.401. The molecular formula is C19H28BrNO2. The van der Waals surface area contributed by atoms with E-state index in [1.165, 1.54) is 18.4 Å². The molecule has 1 aromatic rings. The van der Waals surface area contributed by atoms with Crippen molar-refractivity contribution < 1.29 is 9.53 Å². The maximum Gasteiger partial charge on any atom is 0.323 e. The van der Waals surface area contributed by atoms with E-state index >= 15 is 0 Å². The SMILES string of the molecule is CC(C)CC(NCCc1ccc(Br)cc1)C(=O)OC1CCCC1. The molecule has 0 amide bonds. The predicted octanol–water partition coefficient (Wildman–Crippen LogP) is 4.48. The number of hydrogen-bond donors (Lipinski definition) is 1. The summed E-state index contributed by atoms with van der Waals surface area (Å²) >= 11 is 3.45. The van der Waals surface area contributed by atoms with Crippen LogP contribution in [0.25, 0.3) is 0 Å². The fourth-order valence-corrected chi connectivity index (χ4v) is 3.29. The number of esters is 1. The fraction of sp³-hybridized carbons (Fsp3) is 0.632. The van der Waals surface area contributed by atoms with Gasteiger partial charge in [0.1, 0.15) is 12.1 Å². The van der Waals surface area contributed by atoms with Crippen LogP contribution < -0.4 is 5.32 Å². The van der Waals surface area contributed by atoms with Gasteiger partial charge in [-0.1, -0.05) is 41.9 Å². The third-order valence-corrected chi connectivity index (χ3v) is 4.82. The molecule has 23 heavy (non-hydrogen) atoms. The average molecular weight is 382 g/mol. The Morgan fingerprint density at radius 3 is 2.52 bits per heavy atom. The molecular weight excluding hydrogens is 354 g/mol. The quantitative estimate of drug-likeness (QED) is 0.674. The molecule has 1 saturated carbocycles. The first-order valence-corrected chi connectivity index (χ1v) is 9.52. The third-order valence-electron chi connectivity index (χ3n) is 4.29. The summed E-state index contributed by atoms with van der Waals surface area (Å²) in [4.78, 5) is 12.4. The molecule has 0 aliphatic heterocycles. The first-order chi connectivity index (χ1) is 11.0. The Bertz CT molecular complexity index is 481. The summed E-state index contributed by atoms with van der Waals surface area (Å²) in [6, 6.07) is 8.14. The van der Waals surface area contributed by atoms with Crippen molar-refractivity contribution in [1.82, 2.24) is 5.32 Å². The van der Waals surface area contributed by atoms with Gasteiger partial charge in [-0.2, -0.15) is 0 Å². The molecule has 1 aromatic carbocycles. The van der Waals surface area contributed by atoms with Crippen LogP contribution in [0.4, 0.5) is 0 Å². The van der Waals surface area contributed by atoms with E-state index in [0.29, 0.717) is 5.92 Å². The van der Waals surface area contributed by atoms with Gasteiger partial charge in [-0.05, 0) is 68.7 Å². The van der Waals surface area contributed by atoms with Gasteiger partial charge in [-0.25, -0.2) is 0 Å². The van der Waals surface area contributed by atoms with Crippen molar-refractivity contribution in [3.63, 3.8) is 0 Å². The second kappa shape index (κ2) is 9.43. The molecule has 0 saturated heterocycles. The molecule has 1 unspecified atom stereocenters. The summed E-state index contributed by atoms with van der Waals surface area (Å²) in [5.41, 5.74) is 1.27. The topological polar surface area (TPSA) is 38.3 Å². The standard InChI is InChI=1S/C19H28BrNO2/c1-14(2)13-18(19(22)23-17-5-3-4-6-17)21-12-11-15-7-9-16(20)10-8-15/h7-10,14,17-18,21H,3-6,11-13H2,1-2H3. The van der Waals surface area contributed by atoms with Crippen LogP contribution >= 0.6 is 15.9 Å². The van der Waals surface area contributed by atoms with Gasteiger partial charge in [0.05, 0.1) is 0 Å². The van der Waals surface area contributed by atoms with Crippen LogP contribution in [-0.2, 0) is 16.0 Å². The van der Waals surface area contributed by atoms with E-state index in [2.05, 4.69) is 59.4 Å². The minimum Gasteiger partial charge on any atom is -0.461 e. The number of benzene rings is 1. The van der Waals surface area contributed by atoms with E-state index in [1.807, 2.05) is 0 Å². The highest BCUT2D eigenvalue weighted by Crippen LogP contribution is 2.22. The van der Waals surface area contributed by atoms with Crippen molar-refractivity contribution in [2.45, 2.75) is 64.5 Å². The van der Waals surface area contributed by atoms with Gasteiger partial charge in [0.15, 0.2) is 0 Å². The first kappa shape index (κ1) is 18.5. The van der Waals surface area contributed by atoms with E-state index in [0.717, 1.165) is 36.7 Å². The highest BCUT2D eigenvalue weighted by Gasteiger charge is 2.25. The second-order valence-electron chi connectivity index (χ2n) is 6.86. The van der Waals surface area contributed by atoms with Crippen molar-refractivity contribution >= 4 is 21.9 Å². The van der Waals surface area contributed by atoms with Crippen molar-refractivity contribution in [2.24, 2.45) is 5.92 Å². The Labute approximate surface area is 148 Å². The van der Waals surface area contributed by atoms with Crippen molar-refractivity contribution in [2.75, 3.05) is 6.54 Å². The number of halogens is 1. The van der Waals surface area contributed by atoms with Crippen LogP contribution in [0.5, 0.6) is 0 Å². The molecule has 1 aliphatic carbocycles. The average Bonchev–Trinajstić information content (AvgIpc) is 3.00. The molecule has 1 N–H and O–H groups in total. The monoisotopic (exact) mass is 381 g/mol. The number of carbonyl (C=O) groups is 1. The Kier molecular flexibility index (Phi) is 7.57. The Balaban J connectivity index is 1.82. The van der Waals surface area contributed by atoms with Gasteiger partial charge in [-0.3, -0.25) is 4.79 Å². The smallest absolute Gasteiger partial charge is 0.323 e. The minimum absolute atomic E-state index is 0.0681. The molecule has 0 aromatic heterocycles. The number of rotatable bonds is 8. The number of ether oxygens (including phenoxy) is 1. The van der Waals surface area contributed by atoms with Crippen LogP contribution in [0.15, 0.2) is 28.7 Å². The van der Waals surface area contributed by atoms with Crippen molar-refractivity contribution in [3.05, 3.63) is 34.3 Å². The molecule has 3 nitrogen and oxygen atoms in total. The molecule has 4 heteroatoms. The lowest BCUT2D eigenvalue weighted by Crippen LogP contribution is -2.41. The summed E-state index contributed by atoms with van der Waals surface area (Å²) in [7, 11) is 0. The summed E-state index contributed by atoms with van der Waals surface area (Å²) in [5, 5.41) is 3.40. The fourth-order valence-electron chi connectivity index (χ4n) is 3.03. The van der Waals surface area contributed by atoms with Gasteiger partial charge in [0.25, 0.3) is 0 Å². The molecule has 1 atom stereocenters. The molecule has 2 rings (SSSR count). The predicted molar refractivity (Wildman–Crippen MR) is 97.4 cm³/mol. The molecule has 0 radical (unpaired) electrons. The number of hydrogen-bond acceptors (Lipinski definition) is 3. The Morgan fingerprint density at radius 1 is 1.26 bits per heavy atom.